The van der Waals surface area contributed by atoms with E-state index in [1.807, 2.05) is 0 Å². The average Bonchev–Trinajstić information content (AvgIpc) is 2.92. The summed E-state index contributed by atoms with van der Waals surface area (Å²) in [4.78, 5) is 22.6. The van der Waals surface area contributed by atoms with Crippen molar-refractivity contribution < 1.29 is 22.5 Å². The van der Waals surface area contributed by atoms with Crippen molar-refractivity contribution in [2.24, 2.45) is 5.92 Å². The second-order valence-electron chi connectivity index (χ2n) is 4.31. The van der Waals surface area contributed by atoms with Gasteiger partial charge >= 0.3 is 12.1 Å². The zero-order chi connectivity index (χ0) is 13.3. The van der Waals surface area contributed by atoms with Crippen LogP contribution in [0.15, 0.2) is 12.7 Å². The monoisotopic (exact) mass is 355 g/mol. The Balaban J connectivity index is 2.62. The number of ether oxygens (including phenoxy) is 1. The number of carbonyl (C=O) groups excluding carboxylic acids is 1. The van der Waals surface area contributed by atoms with Crippen LogP contribution in [0, 0.1) is 5.92 Å². The van der Waals surface area contributed by atoms with E-state index < -0.39 is 23.4 Å². The van der Waals surface area contributed by atoms with Gasteiger partial charge in [-0.25, -0.2) is 9.59 Å². The molecule has 7 heteroatoms. The lowest BCUT2D eigenvalue weighted by atomic mass is 10.2. The number of aliphatic carboxylic acids is 1. The molecule has 1 fully saturated rings. The first-order valence-electron chi connectivity index (χ1n) is 4.94. The van der Waals surface area contributed by atoms with Gasteiger partial charge < -0.3 is 15.2 Å². The molecule has 0 aliphatic heterocycles. The van der Waals surface area contributed by atoms with E-state index in [4.69, 9.17) is 12.9 Å². The highest BCUT2D eigenvalue weighted by molar-refractivity contribution is 14.1. The normalized spacial score (nSPS) is 27.1. The number of hydrogen-bond acceptors (Lipinski definition) is 4. The summed E-state index contributed by atoms with van der Waals surface area (Å²) in [6.45, 7) is 6.61. The molecule has 1 aliphatic carbocycles. The van der Waals surface area contributed by atoms with Gasteiger partial charge in [0.15, 0.2) is 0 Å². The number of rotatable bonds is 5. The Bertz CT molecular complexity index is 357. The van der Waals surface area contributed by atoms with Crippen LogP contribution < -0.4 is 5.32 Å². The molecule has 0 aromatic rings. The van der Waals surface area contributed by atoms with Gasteiger partial charge in [0.05, 0.1) is 0 Å². The van der Waals surface area contributed by atoms with Crippen LogP contribution in [0.1, 0.15) is 20.3 Å². The van der Waals surface area contributed by atoms with Gasteiger partial charge in [-0.3, -0.25) is 3.07 Å². The molecule has 0 spiro atoms. The minimum absolute atomic E-state index is 0.267. The number of halogens is 1. The van der Waals surface area contributed by atoms with E-state index in [1.165, 1.54) is 6.08 Å². The highest BCUT2D eigenvalue weighted by Crippen LogP contribution is 2.44. The highest BCUT2D eigenvalue weighted by atomic mass is 127. The fraction of sp³-hybridized carbons (Fsp3) is 0.600. The van der Waals surface area contributed by atoms with Crippen molar-refractivity contribution in [1.82, 2.24) is 5.32 Å². The lowest BCUT2D eigenvalue weighted by Crippen LogP contribution is -2.47. The van der Waals surface area contributed by atoms with Crippen molar-refractivity contribution in [1.29, 1.82) is 0 Å². The summed E-state index contributed by atoms with van der Waals surface area (Å²) in [6.07, 6.45) is 1.01. The molecule has 17 heavy (non-hydrogen) atoms. The van der Waals surface area contributed by atoms with Crippen LogP contribution in [0.4, 0.5) is 4.79 Å². The van der Waals surface area contributed by atoms with Crippen LogP contribution in [0.25, 0.3) is 0 Å². The summed E-state index contributed by atoms with van der Waals surface area (Å²) in [5.74, 6) is -2.47. The van der Waals surface area contributed by atoms with Crippen LogP contribution in [-0.2, 0) is 12.6 Å². The van der Waals surface area contributed by atoms with E-state index in [0.29, 0.717) is 6.42 Å². The first-order chi connectivity index (χ1) is 7.77. The molecule has 2 N–H and O–H groups in total. The maximum Gasteiger partial charge on any atom is 0.410 e. The topological polar surface area (TPSA) is 84.9 Å². The van der Waals surface area contributed by atoms with E-state index in [1.54, 1.807) is 36.9 Å². The molecule has 0 unspecified atom stereocenters. The molecule has 1 saturated carbocycles. The van der Waals surface area contributed by atoms with Gasteiger partial charge in [-0.1, -0.05) is 6.08 Å². The molecule has 0 heterocycles. The maximum atomic E-state index is 11.5. The van der Waals surface area contributed by atoms with Crippen LogP contribution in [0.5, 0.6) is 0 Å². The second-order valence-corrected chi connectivity index (χ2v) is 4.75. The van der Waals surface area contributed by atoms with Gasteiger partial charge in [-0.2, -0.15) is 0 Å². The van der Waals surface area contributed by atoms with E-state index in [2.05, 4.69) is 11.9 Å². The second kappa shape index (κ2) is 4.81. The van der Waals surface area contributed by atoms with Gasteiger partial charge in [-0.05, 0) is 6.42 Å². The standard InChI is InChI=1S/C10H14INO5/c1-4-6-5-10(6,7(13)14)12-8(15)16-9(2,3)17-11/h4,6H,1,5H2,2-3H3,(H,12,15)(H,13,14)/t6-,10-/m1/s1. The lowest BCUT2D eigenvalue weighted by molar-refractivity contribution is -0.141. The van der Waals surface area contributed by atoms with Crippen LogP contribution in [0.3, 0.4) is 0 Å². The van der Waals surface area contributed by atoms with E-state index >= 15 is 0 Å². The zero-order valence-corrected chi connectivity index (χ0v) is 11.7. The van der Waals surface area contributed by atoms with E-state index in [0.717, 1.165) is 0 Å². The minimum Gasteiger partial charge on any atom is -0.479 e. The third-order valence-electron chi connectivity index (χ3n) is 2.53. The number of alkyl carbamates (subject to hydrolysis) is 1. The van der Waals surface area contributed by atoms with Crippen molar-refractivity contribution >= 4 is 35.1 Å². The number of carbonyl (C=O) groups is 2. The quantitative estimate of drug-likeness (QED) is 0.447. The smallest absolute Gasteiger partial charge is 0.410 e. The number of amides is 1. The lowest BCUT2D eigenvalue weighted by Gasteiger charge is -2.23. The van der Waals surface area contributed by atoms with Crippen molar-refractivity contribution in [3.63, 3.8) is 0 Å². The Kier molecular flexibility index (Phi) is 4.03. The Hall–Kier alpha value is -0.830. The summed E-state index contributed by atoms with van der Waals surface area (Å²) in [6, 6.07) is 0. The van der Waals surface area contributed by atoms with Gasteiger partial charge in [0.25, 0.3) is 0 Å². The fourth-order valence-electron chi connectivity index (χ4n) is 1.46. The van der Waals surface area contributed by atoms with Crippen molar-refractivity contribution in [3.8, 4) is 0 Å². The summed E-state index contributed by atoms with van der Waals surface area (Å²) in [5.41, 5.74) is -1.28. The first-order valence-corrected chi connectivity index (χ1v) is 5.82. The molecule has 0 bridgehead atoms. The summed E-state index contributed by atoms with van der Waals surface area (Å²) >= 11 is 1.60. The molecule has 6 nitrogen and oxygen atoms in total. The number of carboxylic acids is 1. The third kappa shape index (κ3) is 3.09. The van der Waals surface area contributed by atoms with Gasteiger partial charge in [0.2, 0.25) is 5.79 Å². The van der Waals surface area contributed by atoms with Crippen LogP contribution in [-0.4, -0.2) is 28.5 Å². The van der Waals surface area contributed by atoms with E-state index in [9.17, 15) is 9.59 Å². The Morgan fingerprint density at radius 3 is 2.59 bits per heavy atom. The number of hydrogen-bond donors (Lipinski definition) is 2. The van der Waals surface area contributed by atoms with Crippen molar-refractivity contribution in [2.75, 3.05) is 0 Å². The highest BCUT2D eigenvalue weighted by Gasteiger charge is 2.60. The summed E-state index contributed by atoms with van der Waals surface area (Å²) in [7, 11) is 0. The predicted molar refractivity (Wildman–Crippen MR) is 67.5 cm³/mol. The SMILES string of the molecule is C=C[C@@H]1C[C@]1(NC(=O)OC(C)(C)OI)C(=O)O. The molecular formula is C10H14INO5. The van der Waals surface area contributed by atoms with Gasteiger partial charge in [0.1, 0.15) is 28.5 Å². The molecule has 0 aromatic carbocycles. The largest absolute Gasteiger partial charge is 0.479 e. The van der Waals surface area contributed by atoms with Crippen LogP contribution >= 0.6 is 23.0 Å². The summed E-state index contributed by atoms with van der Waals surface area (Å²) < 4.78 is 9.80. The molecule has 2 atom stereocenters. The number of carboxylic acid groups (broad SMARTS) is 1. The first kappa shape index (κ1) is 14.2. The fourth-order valence-corrected chi connectivity index (χ4v) is 1.55. The Morgan fingerprint density at radius 1 is 1.65 bits per heavy atom. The molecule has 1 amide bonds. The van der Waals surface area contributed by atoms with E-state index in [-0.39, 0.29) is 5.92 Å². The van der Waals surface area contributed by atoms with Crippen molar-refractivity contribution in [3.05, 3.63) is 12.7 Å². The summed E-state index contributed by atoms with van der Waals surface area (Å²) in [5, 5.41) is 11.4. The van der Waals surface area contributed by atoms with Crippen molar-refractivity contribution in [2.45, 2.75) is 31.6 Å². The molecule has 1 rings (SSSR count). The third-order valence-corrected chi connectivity index (χ3v) is 3.59. The molecule has 1 aliphatic rings. The molecule has 0 aromatic heterocycles. The predicted octanol–water partition coefficient (Wildman–Crippen LogP) is 1.84. The Labute approximate surface area is 113 Å². The Morgan fingerprint density at radius 2 is 2.24 bits per heavy atom. The average molecular weight is 355 g/mol. The molecule has 96 valence electrons. The van der Waals surface area contributed by atoms with Gasteiger partial charge in [0, 0.05) is 19.8 Å². The molecule has 0 saturated heterocycles. The maximum absolute atomic E-state index is 11.5. The number of nitrogens with one attached hydrogen (secondary N) is 1. The van der Waals surface area contributed by atoms with Crippen LogP contribution in [0.2, 0.25) is 0 Å². The molecule has 0 radical (unpaired) electrons. The molecular weight excluding hydrogens is 341 g/mol. The van der Waals surface area contributed by atoms with Gasteiger partial charge in [-0.15, -0.1) is 6.58 Å². The zero-order valence-electron chi connectivity index (χ0n) is 9.53. The minimum atomic E-state index is -1.28.